The number of hydrogen-bond donors (Lipinski definition) is 0. The number of amides is 1. The van der Waals surface area contributed by atoms with Gasteiger partial charge in [0.2, 0.25) is 0 Å². The SMILES string of the molecule is C=C(F)C(=O)N1CCN(c2nc(OC[C@@]34CCCN3C[C@H](F)C4)nc3c(OC4CC4)c(-c4cccc5c4C[C@H]4C[C@@H]54)c(Cl)cc23)C[C@@H]1CC#N. The van der Waals surface area contributed by atoms with Crippen LogP contribution < -0.4 is 14.4 Å². The number of fused-ring (bicyclic) bond motifs is 5. The molecule has 0 unspecified atom stereocenters. The largest absolute Gasteiger partial charge is 0.487 e. The van der Waals surface area contributed by atoms with Crippen molar-refractivity contribution in [1.82, 2.24) is 19.8 Å². The van der Waals surface area contributed by atoms with Gasteiger partial charge in [-0.15, -0.1) is 0 Å². The fourth-order valence-corrected chi connectivity index (χ4v) is 9.42. The average Bonchev–Trinajstić information content (AvgIpc) is 3.98. The second kappa shape index (κ2) is 12.1. The van der Waals surface area contributed by atoms with E-state index in [2.05, 4.69) is 35.7 Å². The summed E-state index contributed by atoms with van der Waals surface area (Å²) in [6, 6.07) is 10.1. The lowest BCUT2D eigenvalue weighted by Gasteiger charge is -2.41. The quantitative estimate of drug-likeness (QED) is 0.233. The zero-order valence-corrected chi connectivity index (χ0v) is 28.6. The van der Waals surface area contributed by atoms with Crippen LogP contribution in [0.15, 0.2) is 36.7 Å². The van der Waals surface area contributed by atoms with Crippen LogP contribution in [-0.4, -0.2) is 88.9 Å². The Hall–Kier alpha value is -4.01. The van der Waals surface area contributed by atoms with E-state index in [1.54, 1.807) is 0 Å². The Balaban J connectivity index is 1.18. The van der Waals surface area contributed by atoms with Gasteiger partial charge in [-0.05, 0) is 79.7 Å². The molecule has 1 aromatic heterocycles. The van der Waals surface area contributed by atoms with Gasteiger partial charge in [-0.25, -0.2) is 8.78 Å². The summed E-state index contributed by atoms with van der Waals surface area (Å²) in [6.45, 7) is 5.42. The highest BCUT2D eigenvalue weighted by atomic mass is 35.5. The van der Waals surface area contributed by atoms with E-state index in [0.29, 0.717) is 58.8 Å². The molecule has 50 heavy (non-hydrogen) atoms. The Morgan fingerprint density at radius 2 is 2.06 bits per heavy atom. The number of piperazine rings is 1. The predicted octanol–water partition coefficient (Wildman–Crippen LogP) is 6.52. The molecule has 3 aromatic rings. The van der Waals surface area contributed by atoms with Crippen molar-refractivity contribution in [3.8, 4) is 29.0 Å². The Bertz CT molecular complexity index is 1970. The summed E-state index contributed by atoms with van der Waals surface area (Å²) >= 11 is 7.27. The normalized spacial score (nSPS) is 28.3. The van der Waals surface area contributed by atoms with Crippen molar-refractivity contribution < 1.29 is 23.0 Å². The summed E-state index contributed by atoms with van der Waals surface area (Å²) in [6.07, 6.45) is 5.50. The van der Waals surface area contributed by atoms with Crippen LogP contribution in [0.1, 0.15) is 62.0 Å². The summed E-state index contributed by atoms with van der Waals surface area (Å²) in [5, 5.41) is 10.8. The number of carbonyl (C=O) groups is 1. The van der Waals surface area contributed by atoms with E-state index < -0.39 is 29.5 Å². The molecule has 5 atom stereocenters. The molecule has 9 nitrogen and oxygen atoms in total. The van der Waals surface area contributed by atoms with Gasteiger partial charge in [-0.3, -0.25) is 9.69 Å². The van der Waals surface area contributed by atoms with Crippen molar-refractivity contribution in [3.05, 3.63) is 52.8 Å². The number of rotatable bonds is 9. The zero-order valence-electron chi connectivity index (χ0n) is 27.8. The van der Waals surface area contributed by atoms with Crippen LogP contribution in [0.3, 0.4) is 0 Å². The molecule has 9 rings (SSSR count). The highest BCUT2D eigenvalue weighted by Gasteiger charge is 2.50. The zero-order chi connectivity index (χ0) is 34.3. The highest BCUT2D eigenvalue weighted by Crippen LogP contribution is 2.59. The van der Waals surface area contributed by atoms with Gasteiger partial charge in [0.05, 0.1) is 35.2 Å². The first-order valence-corrected chi connectivity index (χ1v) is 18.2. The fraction of sp³-hybridized carbons (Fsp3) is 0.526. The summed E-state index contributed by atoms with van der Waals surface area (Å²) in [7, 11) is 0. The Kier molecular flexibility index (Phi) is 7.70. The van der Waals surface area contributed by atoms with Crippen LogP contribution in [0.4, 0.5) is 14.6 Å². The van der Waals surface area contributed by atoms with Crippen molar-refractivity contribution in [2.75, 3.05) is 44.2 Å². The number of hydrogen-bond acceptors (Lipinski definition) is 8. The molecule has 0 N–H and O–H groups in total. The van der Waals surface area contributed by atoms with Gasteiger partial charge in [0.25, 0.3) is 5.91 Å². The van der Waals surface area contributed by atoms with E-state index >= 15 is 0 Å². The monoisotopic (exact) mass is 700 g/mol. The van der Waals surface area contributed by atoms with Crippen molar-refractivity contribution in [3.63, 3.8) is 0 Å². The molecule has 0 radical (unpaired) electrons. The second-order valence-corrected chi connectivity index (χ2v) is 15.4. The molecule has 5 fully saturated rings. The van der Waals surface area contributed by atoms with E-state index in [0.717, 1.165) is 49.8 Å². The lowest BCUT2D eigenvalue weighted by molar-refractivity contribution is -0.131. The third-order valence-electron chi connectivity index (χ3n) is 11.8. The first kappa shape index (κ1) is 31.9. The predicted molar refractivity (Wildman–Crippen MR) is 185 cm³/mol. The van der Waals surface area contributed by atoms with Gasteiger partial charge in [0.15, 0.2) is 11.6 Å². The van der Waals surface area contributed by atoms with Crippen LogP contribution in [-0.2, 0) is 11.2 Å². The Morgan fingerprint density at radius 3 is 2.86 bits per heavy atom. The topological polar surface area (TPSA) is 94.8 Å². The number of benzene rings is 2. The van der Waals surface area contributed by atoms with Crippen LogP contribution in [0, 0.1) is 17.2 Å². The van der Waals surface area contributed by atoms with E-state index in [4.69, 9.17) is 31.0 Å². The van der Waals surface area contributed by atoms with Gasteiger partial charge < -0.3 is 19.3 Å². The maximum atomic E-state index is 14.7. The number of anilines is 1. The molecule has 3 aliphatic carbocycles. The maximum Gasteiger partial charge on any atom is 0.319 e. The minimum Gasteiger partial charge on any atom is -0.487 e. The van der Waals surface area contributed by atoms with Gasteiger partial charge in [0.1, 0.15) is 24.1 Å². The minimum absolute atomic E-state index is 0.00664. The molecule has 260 valence electrons. The van der Waals surface area contributed by atoms with E-state index in [9.17, 15) is 18.8 Å². The lowest BCUT2D eigenvalue weighted by atomic mass is 9.93. The van der Waals surface area contributed by atoms with Crippen LogP contribution in [0.25, 0.3) is 22.0 Å². The summed E-state index contributed by atoms with van der Waals surface area (Å²) in [5.41, 5.74) is 4.76. The maximum absolute atomic E-state index is 14.7. The molecule has 2 saturated carbocycles. The van der Waals surface area contributed by atoms with Gasteiger partial charge >= 0.3 is 6.01 Å². The number of halogens is 3. The molecule has 0 spiro atoms. The molecule has 3 saturated heterocycles. The molecule has 12 heteroatoms. The van der Waals surface area contributed by atoms with E-state index in [-0.39, 0.29) is 38.2 Å². The van der Waals surface area contributed by atoms with Crippen LogP contribution in [0.2, 0.25) is 5.02 Å². The number of aromatic nitrogens is 2. The van der Waals surface area contributed by atoms with E-state index in [1.807, 2.05) is 11.0 Å². The fourth-order valence-electron chi connectivity index (χ4n) is 9.12. The van der Waals surface area contributed by atoms with E-state index in [1.165, 1.54) is 22.4 Å². The standard InChI is InChI=1S/C38H39ClF2N6O3/c1-21(40)36(48)47-13-12-45(19-24(47)8-10-42)35-30-16-31(39)32(27-5-2-4-26-28-14-22(28)15-29(26)27)34(50-25-6-7-25)33(30)43-37(44-35)49-20-38-9-3-11-46(38)18-23(41)17-38/h2,4-5,16,22-25,28H,1,3,6-9,11-15,17-20H2/t22-,23-,24+,28-,38+/m1/s1. The average molecular weight is 701 g/mol. The molecule has 3 aliphatic heterocycles. The molecule has 2 aromatic carbocycles. The van der Waals surface area contributed by atoms with Crippen molar-refractivity contribution >= 4 is 34.2 Å². The minimum atomic E-state index is -1.06. The third-order valence-corrected chi connectivity index (χ3v) is 12.1. The number of nitrogens with zero attached hydrogens (tertiary/aromatic N) is 6. The first-order chi connectivity index (χ1) is 24.2. The first-order valence-electron chi connectivity index (χ1n) is 17.9. The van der Waals surface area contributed by atoms with Gasteiger partial charge in [-0.2, -0.15) is 15.2 Å². The molecular formula is C38H39ClF2N6O3. The van der Waals surface area contributed by atoms with Crippen molar-refractivity contribution in [1.29, 1.82) is 5.26 Å². The van der Waals surface area contributed by atoms with Crippen LogP contribution in [0.5, 0.6) is 11.8 Å². The Morgan fingerprint density at radius 1 is 1.20 bits per heavy atom. The number of carbonyl (C=O) groups excluding carboxylic acids is 1. The number of alkyl halides is 1. The van der Waals surface area contributed by atoms with Gasteiger partial charge in [-0.1, -0.05) is 36.4 Å². The number of nitriles is 1. The van der Waals surface area contributed by atoms with Gasteiger partial charge in [0, 0.05) is 43.5 Å². The summed E-state index contributed by atoms with van der Waals surface area (Å²) in [4.78, 5) is 28.3. The second-order valence-electron chi connectivity index (χ2n) is 15.0. The highest BCUT2D eigenvalue weighted by molar-refractivity contribution is 6.35. The molecule has 6 aliphatic rings. The smallest absolute Gasteiger partial charge is 0.319 e. The van der Waals surface area contributed by atoms with Crippen molar-refractivity contribution in [2.24, 2.45) is 5.92 Å². The lowest BCUT2D eigenvalue weighted by Crippen LogP contribution is -2.55. The van der Waals surface area contributed by atoms with Crippen molar-refractivity contribution in [2.45, 2.75) is 81.1 Å². The molecular weight excluding hydrogens is 662 g/mol. The third kappa shape index (κ3) is 5.37. The van der Waals surface area contributed by atoms with Crippen LogP contribution >= 0.6 is 11.6 Å². The molecule has 0 bridgehead atoms. The summed E-state index contributed by atoms with van der Waals surface area (Å²) < 4.78 is 41.9. The summed E-state index contributed by atoms with van der Waals surface area (Å²) in [5.74, 6) is 0.551. The number of ether oxygens (including phenoxy) is 2. The Labute approximate surface area is 294 Å². The molecule has 4 heterocycles. The molecule has 1 amide bonds.